The van der Waals surface area contributed by atoms with Crippen LogP contribution in [0.1, 0.15) is 38.2 Å². The summed E-state index contributed by atoms with van der Waals surface area (Å²) >= 11 is 0. The molecule has 0 unspecified atom stereocenters. The van der Waals surface area contributed by atoms with Crippen LogP contribution in [0.15, 0.2) is 16.5 Å². The Hall–Kier alpha value is -0.800. The predicted octanol–water partition coefficient (Wildman–Crippen LogP) is 2.80. The summed E-state index contributed by atoms with van der Waals surface area (Å²) < 4.78 is 5.49. The van der Waals surface area contributed by atoms with Crippen LogP contribution in [-0.4, -0.2) is 31.1 Å². The molecule has 1 N–H and O–H groups in total. The standard InChI is InChI=1S/C14H26N2O/c1-12(2)16(4)10-6-5-9-15-11-14-8-7-13(3)17-14/h7-8,12,15H,5-6,9-11H2,1-4H3. The number of unbranched alkanes of at least 4 members (excludes halogenated alkanes) is 1. The maximum Gasteiger partial charge on any atom is 0.117 e. The quantitative estimate of drug-likeness (QED) is 0.706. The molecule has 0 fully saturated rings. The van der Waals surface area contributed by atoms with Crippen LogP contribution in [0.4, 0.5) is 0 Å². The first-order valence-electron chi connectivity index (χ1n) is 6.56. The van der Waals surface area contributed by atoms with Crippen LogP contribution in [-0.2, 0) is 6.54 Å². The molecule has 1 aromatic heterocycles. The Morgan fingerprint density at radius 3 is 2.65 bits per heavy atom. The average Bonchev–Trinajstić information content (AvgIpc) is 2.68. The molecular formula is C14H26N2O. The van der Waals surface area contributed by atoms with Crippen LogP contribution >= 0.6 is 0 Å². The van der Waals surface area contributed by atoms with Gasteiger partial charge in [0.2, 0.25) is 0 Å². The van der Waals surface area contributed by atoms with E-state index in [4.69, 9.17) is 4.42 Å². The molecule has 3 heteroatoms. The molecule has 0 aliphatic rings. The second-order valence-corrected chi connectivity index (χ2v) is 4.97. The highest BCUT2D eigenvalue weighted by Crippen LogP contribution is 2.05. The molecule has 0 atom stereocenters. The van der Waals surface area contributed by atoms with E-state index in [1.807, 2.05) is 19.1 Å². The number of furan rings is 1. The van der Waals surface area contributed by atoms with E-state index in [9.17, 15) is 0 Å². The van der Waals surface area contributed by atoms with Gasteiger partial charge in [-0.2, -0.15) is 0 Å². The van der Waals surface area contributed by atoms with Gasteiger partial charge in [-0.05, 0) is 65.9 Å². The van der Waals surface area contributed by atoms with Gasteiger partial charge in [0.05, 0.1) is 6.54 Å². The van der Waals surface area contributed by atoms with Crippen molar-refractivity contribution in [2.24, 2.45) is 0 Å². The Kier molecular flexibility index (Phi) is 6.30. The van der Waals surface area contributed by atoms with Gasteiger partial charge in [0, 0.05) is 6.04 Å². The number of hydrogen-bond donors (Lipinski definition) is 1. The van der Waals surface area contributed by atoms with Crippen LogP contribution in [0.3, 0.4) is 0 Å². The molecule has 0 spiro atoms. The third-order valence-corrected chi connectivity index (χ3v) is 3.09. The van der Waals surface area contributed by atoms with Gasteiger partial charge in [-0.15, -0.1) is 0 Å². The van der Waals surface area contributed by atoms with Gasteiger partial charge in [0.15, 0.2) is 0 Å². The topological polar surface area (TPSA) is 28.4 Å². The highest BCUT2D eigenvalue weighted by molar-refractivity contribution is 5.04. The molecule has 98 valence electrons. The Bertz CT molecular complexity index is 307. The minimum Gasteiger partial charge on any atom is -0.465 e. The van der Waals surface area contributed by atoms with E-state index in [1.165, 1.54) is 19.4 Å². The minimum atomic E-state index is 0.647. The molecule has 0 saturated carbocycles. The monoisotopic (exact) mass is 238 g/mol. The highest BCUT2D eigenvalue weighted by atomic mass is 16.3. The summed E-state index contributed by atoms with van der Waals surface area (Å²) in [6, 6.07) is 4.69. The predicted molar refractivity (Wildman–Crippen MR) is 72.2 cm³/mol. The lowest BCUT2D eigenvalue weighted by molar-refractivity contribution is 0.267. The number of nitrogens with one attached hydrogen (secondary N) is 1. The van der Waals surface area contributed by atoms with Crippen molar-refractivity contribution in [2.45, 2.75) is 46.2 Å². The molecule has 0 bridgehead atoms. The lowest BCUT2D eigenvalue weighted by Crippen LogP contribution is -2.27. The second-order valence-electron chi connectivity index (χ2n) is 4.97. The van der Waals surface area contributed by atoms with Gasteiger partial charge in [-0.3, -0.25) is 0 Å². The lowest BCUT2D eigenvalue weighted by Gasteiger charge is -2.20. The molecule has 1 rings (SSSR count). The van der Waals surface area contributed by atoms with Gasteiger partial charge < -0.3 is 14.6 Å². The Morgan fingerprint density at radius 2 is 2.06 bits per heavy atom. The van der Waals surface area contributed by atoms with Crippen LogP contribution in [0, 0.1) is 6.92 Å². The fraction of sp³-hybridized carbons (Fsp3) is 0.714. The summed E-state index contributed by atoms with van der Waals surface area (Å²) in [4.78, 5) is 2.38. The van der Waals surface area contributed by atoms with Crippen molar-refractivity contribution < 1.29 is 4.42 Å². The molecule has 0 radical (unpaired) electrons. The van der Waals surface area contributed by atoms with Gasteiger partial charge in [0.1, 0.15) is 11.5 Å². The van der Waals surface area contributed by atoms with E-state index in [-0.39, 0.29) is 0 Å². The van der Waals surface area contributed by atoms with Gasteiger partial charge >= 0.3 is 0 Å². The van der Waals surface area contributed by atoms with E-state index in [0.717, 1.165) is 24.6 Å². The maximum absolute atomic E-state index is 5.49. The largest absolute Gasteiger partial charge is 0.465 e. The summed E-state index contributed by atoms with van der Waals surface area (Å²) in [5, 5.41) is 3.41. The first-order chi connectivity index (χ1) is 8.09. The van der Waals surface area contributed by atoms with E-state index in [2.05, 4.69) is 31.1 Å². The smallest absolute Gasteiger partial charge is 0.117 e. The van der Waals surface area contributed by atoms with Crippen LogP contribution in [0.25, 0.3) is 0 Å². The Morgan fingerprint density at radius 1 is 1.29 bits per heavy atom. The van der Waals surface area contributed by atoms with Crippen molar-refractivity contribution in [3.8, 4) is 0 Å². The van der Waals surface area contributed by atoms with Crippen LogP contribution in [0.2, 0.25) is 0 Å². The fourth-order valence-electron chi connectivity index (χ4n) is 1.66. The van der Waals surface area contributed by atoms with Crippen molar-refractivity contribution in [2.75, 3.05) is 20.1 Å². The number of nitrogens with zero attached hydrogens (tertiary/aromatic N) is 1. The van der Waals surface area contributed by atoms with Crippen molar-refractivity contribution in [1.82, 2.24) is 10.2 Å². The summed E-state index contributed by atoms with van der Waals surface area (Å²) in [6.07, 6.45) is 2.47. The summed E-state index contributed by atoms with van der Waals surface area (Å²) in [5.74, 6) is 2.02. The zero-order valence-electron chi connectivity index (χ0n) is 11.6. The van der Waals surface area contributed by atoms with Gasteiger partial charge in [-0.25, -0.2) is 0 Å². The molecule has 0 amide bonds. The van der Waals surface area contributed by atoms with E-state index in [0.29, 0.717) is 6.04 Å². The molecular weight excluding hydrogens is 212 g/mol. The Balaban J connectivity index is 1.98. The van der Waals surface area contributed by atoms with Gasteiger partial charge in [-0.1, -0.05) is 0 Å². The molecule has 1 aromatic rings. The third kappa shape index (κ3) is 5.89. The SMILES string of the molecule is Cc1ccc(CNCCCCN(C)C(C)C)o1. The fourth-order valence-corrected chi connectivity index (χ4v) is 1.66. The zero-order valence-corrected chi connectivity index (χ0v) is 11.6. The Labute approximate surface area is 105 Å². The van der Waals surface area contributed by atoms with Crippen molar-refractivity contribution in [1.29, 1.82) is 0 Å². The molecule has 0 aromatic carbocycles. The third-order valence-electron chi connectivity index (χ3n) is 3.09. The number of hydrogen-bond acceptors (Lipinski definition) is 3. The first kappa shape index (κ1) is 14.3. The van der Waals surface area contributed by atoms with E-state index in [1.54, 1.807) is 0 Å². The lowest BCUT2D eigenvalue weighted by atomic mass is 10.2. The van der Waals surface area contributed by atoms with E-state index < -0.39 is 0 Å². The van der Waals surface area contributed by atoms with Crippen LogP contribution in [0.5, 0.6) is 0 Å². The minimum absolute atomic E-state index is 0.647. The molecule has 0 aliphatic carbocycles. The van der Waals surface area contributed by atoms with Crippen molar-refractivity contribution >= 4 is 0 Å². The average molecular weight is 238 g/mol. The van der Waals surface area contributed by atoms with Crippen molar-refractivity contribution in [3.63, 3.8) is 0 Å². The number of rotatable bonds is 8. The second kappa shape index (κ2) is 7.51. The maximum atomic E-state index is 5.49. The summed E-state index contributed by atoms with van der Waals surface area (Å²) in [6.45, 7) is 9.53. The molecule has 0 saturated heterocycles. The molecule has 3 nitrogen and oxygen atoms in total. The molecule has 1 heterocycles. The number of aryl methyl sites for hydroxylation is 1. The zero-order chi connectivity index (χ0) is 12.7. The molecule has 0 aliphatic heterocycles. The normalized spacial score (nSPS) is 11.6. The van der Waals surface area contributed by atoms with Gasteiger partial charge in [0.25, 0.3) is 0 Å². The van der Waals surface area contributed by atoms with Crippen LogP contribution < -0.4 is 5.32 Å². The first-order valence-corrected chi connectivity index (χ1v) is 6.56. The highest BCUT2D eigenvalue weighted by Gasteiger charge is 2.02. The van der Waals surface area contributed by atoms with Crippen molar-refractivity contribution in [3.05, 3.63) is 23.7 Å². The summed E-state index contributed by atoms with van der Waals surface area (Å²) in [7, 11) is 2.18. The summed E-state index contributed by atoms with van der Waals surface area (Å²) in [5.41, 5.74) is 0. The molecule has 17 heavy (non-hydrogen) atoms. The van der Waals surface area contributed by atoms with E-state index >= 15 is 0 Å².